The molecule has 8 heteroatoms. The van der Waals surface area contributed by atoms with Crippen LogP contribution < -0.4 is 5.32 Å². The minimum absolute atomic E-state index is 0.183. The van der Waals surface area contributed by atoms with Gasteiger partial charge in [-0.05, 0) is 62.1 Å². The molecule has 168 valence electrons. The van der Waals surface area contributed by atoms with Crippen LogP contribution in [0.2, 0.25) is 0 Å². The van der Waals surface area contributed by atoms with E-state index in [1.165, 1.54) is 16.4 Å². The summed E-state index contributed by atoms with van der Waals surface area (Å²) in [6.07, 6.45) is 4.52. The number of fused-ring (bicyclic) bond motifs is 1. The van der Waals surface area contributed by atoms with Crippen LogP contribution in [0.15, 0.2) is 59.5 Å². The lowest BCUT2D eigenvalue weighted by molar-refractivity contribution is 0.102. The average Bonchev–Trinajstić information content (AvgIpc) is 3.40. The minimum Gasteiger partial charge on any atom is -0.306 e. The number of carbonyl (C=O) groups excluding carboxylic acids is 1. The van der Waals surface area contributed by atoms with E-state index in [4.69, 9.17) is 5.10 Å². The second-order valence-corrected chi connectivity index (χ2v) is 10.1. The lowest BCUT2D eigenvalue weighted by Gasteiger charge is -2.17. The first kappa shape index (κ1) is 22.2. The van der Waals surface area contributed by atoms with Gasteiger partial charge in [-0.15, -0.1) is 0 Å². The summed E-state index contributed by atoms with van der Waals surface area (Å²) < 4.78 is 28.6. The Hall–Kier alpha value is -2.97. The summed E-state index contributed by atoms with van der Waals surface area (Å²) >= 11 is 0. The molecule has 0 atom stereocenters. The van der Waals surface area contributed by atoms with Crippen molar-refractivity contribution in [1.29, 1.82) is 0 Å². The monoisotopic (exact) mass is 452 g/mol. The van der Waals surface area contributed by atoms with Crippen LogP contribution in [0.4, 0.5) is 5.82 Å². The second kappa shape index (κ2) is 9.26. The first-order valence-corrected chi connectivity index (χ1v) is 12.4. The molecule has 1 N–H and O–H groups in total. The number of anilines is 1. The summed E-state index contributed by atoms with van der Waals surface area (Å²) in [7, 11) is -1.99. The Bertz CT molecular complexity index is 1200. The third kappa shape index (κ3) is 4.33. The summed E-state index contributed by atoms with van der Waals surface area (Å²) in [6.45, 7) is 2.49. The molecule has 1 aliphatic carbocycles. The molecule has 0 unspecified atom stereocenters. The van der Waals surface area contributed by atoms with Crippen molar-refractivity contribution in [2.24, 2.45) is 0 Å². The molecule has 2 aromatic carbocycles. The van der Waals surface area contributed by atoms with Crippen LogP contribution in [0.25, 0.3) is 5.69 Å². The fourth-order valence-corrected chi connectivity index (χ4v) is 5.12. The maximum atomic E-state index is 13.0. The van der Waals surface area contributed by atoms with Crippen molar-refractivity contribution in [2.75, 3.05) is 18.9 Å². The van der Waals surface area contributed by atoms with Gasteiger partial charge in [-0.1, -0.05) is 31.5 Å². The van der Waals surface area contributed by atoms with Crippen LogP contribution in [-0.4, -0.2) is 42.0 Å². The molecule has 1 heterocycles. The summed E-state index contributed by atoms with van der Waals surface area (Å²) in [5, 5.41) is 7.73. The van der Waals surface area contributed by atoms with Gasteiger partial charge in [0.15, 0.2) is 0 Å². The normalized spacial score (nSPS) is 13.3. The lowest BCUT2D eigenvalue weighted by atomic mass is 10.2. The van der Waals surface area contributed by atoms with Gasteiger partial charge in [-0.2, -0.15) is 5.10 Å². The van der Waals surface area contributed by atoms with Crippen LogP contribution in [0.3, 0.4) is 0 Å². The zero-order chi connectivity index (χ0) is 22.7. The molecule has 7 nitrogen and oxygen atoms in total. The fraction of sp³-hybridized carbons (Fsp3) is 0.333. The van der Waals surface area contributed by atoms with E-state index in [1.54, 1.807) is 23.9 Å². The van der Waals surface area contributed by atoms with Crippen molar-refractivity contribution in [3.05, 3.63) is 71.4 Å². The second-order valence-electron chi connectivity index (χ2n) is 8.03. The van der Waals surface area contributed by atoms with Gasteiger partial charge in [0.25, 0.3) is 5.91 Å². The summed E-state index contributed by atoms with van der Waals surface area (Å²) in [6, 6.07) is 15.8. The van der Waals surface area contributed by atoms with Crippen molar-refractivity contribution in [3.63, 3.8) is 0 Å². The van der Waals surface area contributed by atoms with Crippen molar-refractivity contribution in [3.8, 4) is 5.69 Å². The highest BCUT2D eigenvalue weighted by molar-refractivity contribution is 7.89. The SMILES string of the molecule is CCCCN(C)S(=O)(=O)c1ccc(C(=O)Nc2c3c(nn2-c2ccccc2)CCC3)cc1. The number of unbranched alkanes of at least 4 members (excludes halogenated alkanes) is 1. The van der Waals surface area contributed by atoms with Gasteiger partial charge >= 0.3 is 0 Å². The Balaban J connectivity index is 1.57. The van der Waals surface area contributed by atoms with E-state index in [2.05, 4.69) is 5.32 Å². The molecule has 1 aromatic heterocycles. The smallest absolute Gasteiger partial charge is 0.256 e. The van der Waals surface area contributed by atoms with Gasteiger partial charge in [-0.25, -0.2) is 17.4 Å². The number of nitrogens with zero attached hydrogens (tertiary/aromatic N) is 3. The predicted molar refractivity (Wildman–Crippen MR) is 125 cm³/mol. The van der Waals surface area contributed by atoms with E-state index >= 15 is 0 Å². The molecule has 0 saturated heterocycles. The number of para-hydroxylation sites is 1. The van der Waals surface area contributed by atoms with E-state index < -0.39 is 10.0 Å². The number of amides is 1. The molecule has 0 bridgehead atoms. The van der Waals surface area contributed by atoms with Gasteiger partial charge in [-0.3, -0.25) is 4.79 Å². The number of aromatic nitrogens is 2. The Morgan fingerprint density at radius 2 is 1.81 bits per heavy atom. The third-order valence-electron chi connectivity index (χ3n) is 5.79. The van der Waals surface area contributed by atoms with E-state index in [9.17, 15) is 13.2 Å². The van der Waals surface area contributed by atoms with E-state index in [0.717, 1.165) is 49.0 Å². The van der Waals surface area contributed by atoms with Crippen LogP contribution in [0.5, 0.6) is 0 Å². The largest absolute Gasteiger partial charge is 0.306 e. The molecular formula is C24H28N4O3S. The number of hydrogen-bond donors (Lipinski definition) is 1. The summed E-state index contributed by atoms with van der Waals surface area (Å²) in [5.41, 5.74) is 3.36. The van der Waals surface area contributed by atoms with Gasteiger partial charge < -0.3 is 5.32 Å². The minimum atomic E-state index is -3.57. The lowest BCUT2D eigenvalue weighted by Crippen LogP contribution is -2.28. The average molecular weight is 453 g/mol. The Morgan fingerprint density at radius 1 is 1.09 bits per heavy atom. The number of nitrogens with one attached hydrogen (secondary N) is 1. The number of carbonyl (C=O) groups is 1. The maximum absolute atomic E-state index is 13.0. The highest BCUT2D eigenvalue weighted by Crippen LogP contribution is 2.31. The molecule has 0 spiro atoms. The van der Waals surface area contributed by atoms with E-state index in [1.807, 2.05) is 37.3 Å². The number of sulfonamides is 1. The topological polar surface area (TPSA) is 84.3 Å². The first-order chi connectivity index (χ1) is 15.4. The molecule has 0 fully saturated rings. The molecule has 32 heavy (non-hydrogen) atoms. The third-order valence-corrected chi connectivity index (χ3v) is 7.66. The highest BCUT2D eigenvalue weighted by Gasteiger charge is 2.25. The molecule has 4 rings (SSSR count). The van der Waals surface area contributed by atoms with Crippen LogP contribution in [-0.2, 0) is 22.9 Å². The van der Waals surface area contributed by atoms with E-state index in [0.29, 0.717) is 17.9 Å². The van der Waals surface area contributed by atoms with Gasteiger partial charge in [0.05, 0.1) is 16.3 Å². The molecule has 0 saturated carbocycles. The summed E-state index contributed by atoms with van der Waals surface area (Å²) in [4.78, 5) is 13.2. The quantitative estimate of drug-likeness (QED) is 0.559. The van der Waals surface area contributed by atoms with Crippen molar-refractivity contribution >= 4 is 21.7 Å². The maximum Gasteiger partial charge on any atom is 0.256 e. The predicted octanol–water partition coefficient (Wildman–Crippen LogP) is 4.03. The molecule has 1 amide bonds. The van der Waals surface area contributed by atoms with Gasteiger partial charge in [0, 0.05) is 24.7 Å². The number of benzene rings is 2. The van der Waals surface area contributed by atoms with Crippen LogP contribution in [0, 0.1) is 0 Å². The zero-order valence-corrected chi connectivity index (χ0v) is 19.2. The molecular weight excluding hydrogens is 424 g/mol. The molecule has 1 aliphatic rings. The number of rotatable bonds is 8. The standard InChI is InChI=1S/C24H28N4O3S/c1-3-4-17-27(2)32(30,31)20-15-13-18(14-16-20)24(29)25-23-21-11-8-12-22(21)26-28(23)19-9-6-5-7-10-19/h5-7,9-10,13-16H,3-4,8,11-12,17H2,1-2H3,(H,25,29). The summed E-state index contributed by atoms with van der Waals surface area (Å²) in [5.74, 6) is 0.393. The Labute approximate surface area is 189 Å². The molecule has 3 aromatic rings. The number of aryl methyl sites for hydroxylation is 1. The zero-order valence-electron chi connectivity index (χ0n) is 18.4. The van der Waals surface area contributed by atoms with Crippen LogP contribution >= 0.6 is 0 Å². The van der Waals surface area contributed by atoms with Crippen molar-refractivity contribution in [2.45, 2.75) is 43.9 Å². The fourth-order valence-electron chi connectivity index (χ4n) is 3.92. The number of hydrogen-bond acceptors (Lipinski definition) is 4. The van der Waals surface area contributed by atoms with Crippen LogP contribution in [0.1, 0.15) is 47.8 Å². The molecule has 0 aliphatic heterocycles. The highest BCUT2D eigenvalue weighted by atomic mass is 32.2. The van der Waals surface area contributed by atoms with Gasteiger partial charge in [0.1, 0.15) is 5.82 Å². The van der Waals surface area contributed by atoms with Crippen molar-refractivity contribution < 1.29 is 13.2 Å². The first-order valence-electron chi connectivity index (χ1n) is 11.0. The van der Waals surface area contributed by atoms with E-state index in [-0.39, 0.29) is 10.8 Å². The molecule has 0 radical (unpaired) electrons. The van der Waals surface area contributed by atoms with Crippen molar-refractivity contribution in [1.82, 2.24) is 14.1 Å². The Kier molecular flexibility index (Phi) is 6.43. The van der Waals surface area contributed by atoms with Gasteiger partial charge in [0.2, 0.25) is 10.0 Å². The Morgan fingerprint density at radius 3 is 2.50 bits per heavy atom.